The van der Waals surface area contributed by atoms with E-state index in [2.05, 4.69) is 23.5 Å². The van der Waals surface area contributed by atoms with E-state index in [0.717, 1.165) is 19.4 Å². The lowest BCUT2D eigenvalue weighted by atomic mass is 10.00. The first-order chi connectivity index (χ1) is 7.31. The third-order valence-corrected chi connectivity index (χ3v) is 2.77. The molecule has 1 aliphatic heterocycles. The molecule has 15 heavy (non-hydrogen) atoms. The molecule has 0 fully saturated rings. The van der Waals surface area contributed by atoms with Crippen LogP contribution in [0.15, 0.2) is 24.3 Å². The molecule has 3 nitrogen and oxygen atoms in total. The monoisotopic (exact) mass is 206 g/mol. The van der Waals surface area contributed by atoms with Crippen molar-refractivity contribution in [1.82, 2.24) is 5.32 Å². The molecule has 1 aromatic carbocycles. The second-order valence-electron chi connectivity index (χ2n) is 3.87. The van der Waals surface area contributed by atoms with Gasteiger partial charge in [0, 0.05) is 6.54 Å². The second kappa shape index (κ2) is 4.75. The van der Waals surface area contributed by atoms with Crippen LogP contribution in [0.25, 0.3) is 0 Å². The van der Waals surface area contributed by atoms with Gasteiger partial charge in [-0.2, -0.15) is 0 Å². The molecular weight excluding hydrogens is 188 g/mol. The van der Waals surface area contributed by atoms with E-state index < -0.39 is 0 Å². The minimum Gasteiger partial charge on any atom is -0.341 e. The minimum absolute atomic E-state index is 0.0371. The summed E-state index contributed by atoms with van der Waals surface area (Å²) >= 11 is 0. The summed E-state index contributed by atoms with van der Waals surface area (Å²) in [6.45, 7) is 2.98. The fourth-order valence-corrected chi connectivity index (χ4v) is 1.86. The highest BCUT2D eigenvalue weighted by Gasteiger charge is 2.20. The predicted octanol–water partition coefficient (Wildman–Crippen LogP) is 1.54. The average Bonchev–Trinajstić information content (AvgIpc) is 2.29. The Morgan fingerprint density at radius 1 is 1.53 bits per heavy atom. The molecule has 3 N–H and O–H groups in total. The average molecular weight is 206 g/mol. The first-order valence-corrected chi connectivity index (χ1v) is 5.53. The molecule has 0 bridgehead atoms. The lowest BCUT2D eigenvalue weighted by Gasteiger charge is -2.28. The summed E-state index contributed by atoms with van der Waals surface area (Å²) in [6, 6.07) is 8.37. The molecule has 2 atom stereocenters. The van der Waals surface area contributed by atoms with E-state index in [1.807, 2.05) is 13.0 Å². The van der Waals surface area contributed by atoms with Crippen LogP contribution >= 0.6 is 0 Å². The highest BCUT2D eigenvalue weighted by molar-refractivity contribution is 5.31. The molecule has 0 aliphatic carbocycles. The van der Waals surface area contributed by atoms with Crippen molar-refractivity contribution < 1.29 is 4.74 Å². The van der Waals surface area contributed by atoms with Gasteiger partial charge in [0.2, 0.25) is 0 Å². The van der Waals surface area contributed by atoms with Gasteiger partial charge in [-0.25, -0.2) is 0 Å². The summed E-state index contributed by atoms with van der Waals surface area (Å²) in [5.74, 6) is 0. The van der Waals surface area contributed by atoms with E-state index in [-0.39, 0.29) is 12.5 Å². The molecule has 0 saturated carbocycles. The fourth-order valence-electron chi connectivity index (χ4n) is 1.86. The molecule has 0 spiro atoms. The van der Waals surface area contributed by atoms with Crippen molar-refractivity contribution in [2.24, 2.45) is 5.73 Å². The van der Waals surface area contributed by atoms with Crippen LogP contribution in [0.3, 0.4) is 0 Å². The lowest BCUT2D eigenvalue weighted by Crippen LogP contribution is -2.36. The van der Waals surface area contributed by atoms with Gasteiger partial charge in [0.25, 0.3) is 0 Å². The topological polar surface area (TPSA) is 47.3 Å². The third kappa shape index (κ3) is 2.37. The van der Waals surface area contributed by atoms with Crippen molar-refractivity contribution in [3.8, 4) is 0 Å². The Kier molecular flexibility index (Phi) is 3.36. The molecular formula is C12H18N2O. The molecule has 1 heterocycles. The zero-order valence-corrected chi connectivity index (χ0v) is 9.07. The van der Waals surface area contributed by atoms with Crippen LogP contribution in [0.2, 0.25) is 0 Å². The SMILES string of the molecule is CCC(N)OC1NCCc2ccccc21. The first kappa shape index (κ1) is 10.6. The maximum absolute atomic E-state index is 5.80. The number of hydrogen-bond acceptors (Lipinski definition) is 3. The Morgan fingerprint density at radius 3 is 3.13 bits per heavy atom. The summed E-state index contributed by atoms with van der Waals surface area (Å²) in [7, 11) is 0. The standard InChI is InChI=1S/C12H18N2O/c1-2-11(13)15-12-10-6-4-3-5-9(10)7-8-14-12/h3-6,11-12,14H,2,7-8,13H2,1H3. The van der Waals surface area contributed by atoms with Crippen LogP contribution < -0.4 is 11.1 Å². The molecule has 2 unspecified atom stereocenters. The van der Waals surface area contributed by atoms with Gasteiger partial charge in [0.15, 0.2) is 0 Å². The Morgan fingerprint density at radius 2 is 2.33 bits per heavy atom. The number of ether oxygens (including phenoxy) is 1. The molecule has 82 valence electrons. The largest absolute Gasteiger partial charge is 0.341 e. The molecule has 0 aromatic heterocycles. The van der Waals surface area contributed by atoms with Crippen LogP contribution in [0.4, 0.5) is 0 Å². The smallest absolute Gasteiger partial charge is 0.136 e. The van der Waals surface area contributed by atoms with Gasteiger partial charge in [-0.05, 0) is 24.0 Å². The second-order valence-corrected chi connectivity index (χ2v) is 3.87. The zero-order chi connectivity index (χ0) is 10.7. The van der Waals surface area contributed by atoms with Crippen LogP contribution in [-0.4, -0.2) is 12.8 Å². The summed E-state index contributed by atoms with van der Waals surface area (Å²) < 4.78 is 5.73. The van der Waals surface area contributed by atoms with Gasteiger partial charge < -0.3 is 10.5 Å². The summed E-state index contributed by atoms with van der Waals surface area (Å²) in [5, 5.41) is 3.34. The number of benzene rings is 1. The maximum Gasteiger partial charge on any atom is 0.136 e. The highest BCUT2D eigenvalue weighted by Crippen LogP contribution is 2.24. The van der Waals surface area contributed by atoms with Gasteiger partial charge in [-0.3, -0.25) is 5.32 Å². The van der Waals surface area contributed by atoms with E-state index in [1.165, 1.54) is 11.1 Å². The third-order valence-electron chi connectivity index (χ3n) is 2.77. The number of hydrogen-bond donors (Lipinski definition) is 2. The Labute approximate surface area is 90.6 Å². The molecule has 1 aliphatic rings. The first-order valence-electron chi connectivity index (χ1n) is 5.53. The van der Waals surface area contributed by atoms with Crippen LogP contribution in [0.1, 0.15) is 30.7 Å². The molecule has 0 saturated heterocycles. The fraction of sp³-hybridized carbons (Fsp3) is 0.500. The molecule has 3 heteroatoms. The number of nitrogens with two attached hydrogens (primary N) is 1. The molecule has 0 radical (unpaired) electrons. The summed E-state index contributed by atoms with van der Waals surface area (Å²) in [6.07, 6.45) is 1.68. The van der Waals surface area contributed by atoms with Crippen molar-refractivity contribution in [2.75, 3.05) is 6.54 Å². The van der Waals surface area contributed by atoms with Crippen LogP contribution in [0.5, 0.6) is 0 Å². The van der Waals surface area contributed by atoms with Crippen molar-refractivity contribution in [1.29, 1.82) is 0 Å². The van der Waals surface area contributed by atoms with Crippen LogP contribution in [-0.2, 0) is 11.2 Å². The Bertz CT molecular complexity index is 327. The van der Waals surface area contributed by atoms with Gasteiger partial charge in [-0.15, -0.1) is 0 Å². The summed E-state index contributed by atoms with van der Waals surface area (Å²) in [5.41, 5.74) is 8.39. The van der Waals surface area contributed by atoms with E-state index in [0.29, 0.717) is 0 Å². The van der Waals surface area contributed by atoms with E-state index in [9.17, 15) is 0 Å². The molecule has 0 amide bonds. The molecule has 2 rings (SSSR count). The van der Waals surface area contributed by atoms with Crippen molar-refractivity contribution >= 4 is 0 Å². The Hall–Kier alpha value is -0.900. The van der Waals surface area contributed by atoms with Gasteiger partial charge in [0.1, 0.15) is 12.5 Å². The van der Waals surface area contributed by atoms with Gasteiger partial charge in [0.05, 0.1) is 0 Å². The minimum atomic E-state index is -0.186. The number of rotatable bonds is 3. The van der Waals surface area contributed by atoms with Gasteiger partial charge >= 0.3 is 0 Å². The van der Waals surface area contributed by atoms with Crippen molar-refractivity contribution in [2.45, 2.75) is 32.2 Å². The number of fused-ring (bicyclic) bond motifs is 1. The Balaban J connectivity index is 2.15. The molecule has 1 aromatic rings. The normalized spacial score (nSPS) is 22.1. The van der Waals surface area contributed by atoms with E-state index in [1.54, 1.807) is 0 Å². The van der Waals surface area contributed by atoms with E-state index in [4.69, 9.17) is 10.5 Å². The highest BCUT2D eigenvalue weighted by atomic mass is 16.5. The van der Waals surface area contributed by atoms with E-state index >= 15 is 0 Å². The van der Waals surface area contributed by atoms with Crippen molar-refractivity contribution in [3.63, 3.8) is 0 Å². The predicted molar refractivity (Wildman–Crippen MR) is 60.2 cm³/mol. The quantitative estimate of drug-likeness (QED) is 0.737. The number of nitrogens with one attached hydrogen (secondary N) is 1. The van der Waals surface area contributed by atoms with Gasteiger partial charge in [-0.1, -0.05) is 31.2 Å². The zero-order valence-electron chi connectivity index (χ0n) is 9.07. The van der Waals surface area contributed by atoms with Crippen molar-refractivity contribution in [3.05, 3.63) is 35.4 Å². The van der Waals surface area contributed by atoms with Crippen LogP contribution in [0, 0.1) is 0 Å². The summed E-state index contributed by atoms with van der Waals surface area (Å²) in [4.78, 5) is 0. The lowest BCUT2D eigenvalue weighted by molar-refractivity contribution is -0.0336. The maximum atomic E-state index is 5.80.